The summed E-state index contributed by atoms with van der Waals surface area (Å²) in [4.78, 5) is 28.6. The van der Waals surface area contributed by atoms with Crippen LogP contribution in [0.1, 0.15) is 54.2 Å². The van der Waals surface area contributed by atoms with Crippen molar-refractivity contribution in [1.82, 2.24) is 0 Å². The van der Waals surface area contributed by atoms with Crippen molar-refractivity contribution in [3.63, 3.8) is 0 Å². The molecular weight excluding hydrogens is 306 g/mol. The van der Waals surface area contributed by atoms with E-state index in [9.17, 15) is 9.59 Å². The first kappa shape index (κ1) is 19.3. The van der Waals surface area contributed by atoms with Crippen LogP contribution in [0.3, 0.4) is 0 Å². The molecule has 0 aliphatic carbocycles. The Morgan fingerprint density at radius 2 is 1.21 bits per heavy atom. The standard InChI is InChI=1S/C18H21N3O3/c1-4-13-16(7-20-11-22)14(5-2)18(9-24-10-19)15(6-3)17(13)8-21-12-23/h4-9H2,1-3H3. The quantitative estimate of drug-likeness (QED) is 0.396. The molecule has 1 aromatic carbocycles. The Bertz CT molecular complexity index is 673. The molecule has 0 fully saturated rings. The Kier molecular flexibility index (Phi) is 8.15. The number of nitriles is 1. The average Bonchev–Trinajstić information content (AvgIpc) is 2.61. The number of benzene rings is 1. The third kappa shape index (κ3) is 4.17. The molecule has 1 rings (SSSR count). The highest BCUT2D eigenvalue weighted by atomic mass is 16.5. The highest BCUT2D eigenvalue weighted by Gasteiger charge is 2.21. The van der Waals surface area contributed by atoms with Crippen LogP contribution < -0.4 is 0 Å². The van der Waals surface area contributed by atoms with Gasteiger partial charge in [0.05, 0.1) is 13.1 Å². The second-order valence-corrected chi connectivity index (χ2v) is 5.13. The molecule has 6 nitrogen and oxygen atoms in total. The maximum Gasteiger partial charge on any atom is 0.286 e. The average molecular weight is 327 g/mol. The fourth-order valence-corrected chi connectivity index (χ4v) is 3.26. The second kappa shape index (κ2) is 10.1. The van der Waals surface area contributed by atoms with Crippen molar-refractivity contribution in [2.45, 2.75) is 59.7 Å². The van der Waals surface area contributed by atoms with E-state index >= 15 is 0 Å². The van der Waals surface area contributed by atoms with E-state index < -0.39 is 0 Å². The van der Waals surface area contributed by atoms with Gasteiger partial charge in [0.1, 0.15) is 6.61 Å². The molecule has 24 heavy (non-hydrogen) atoms. The lowest BCUT2D eigenvalue weighted by atomic mass is 9.83. The van der Waals surface area contributed by atoms with Gasteiger partial charge in [-0.05, 0) is 52.6 Å². The molecule has 0 heterocycles. The van der Waals surface area contributed by atoms with E-state index in [4.69, 9.17) is 10.00 Å². The topological polar surface area (TPSA) is 91.9 Å². The lowest BCUT2D eigenvalue weighted by molar-refractivity contribution is 0.255. The predicted molar refractivity (Wildman–Crippen MR) is 88.6 cm³/mol. The zero-order valence-electron chi connectivity index (χ0n) is 14.3. The SMILES string of the molecule is CCc1c(CN=C=O)c(CC)c(COC#N)c(CC)c1CN=C=O. The molecule has 0 aliphatic heterocycles. The maximum absolute atomic E-state index is 10.6. The number of rotatable bonds is 9. The summed E-state index contributed by atoms with van der Waals surface area (Å²) in [6, 6.07) is 0. The lowest BCUT2D eigenvalue weighted by Gasteiger charge is -2.23. The third-order valence-electron chi connectivity index (χ3n) is 4.13. The van der Waals surface area contributed by atoms with Crippen molar-refractivity contribution in [3.05, 3.63) is 33.4 Å². The summed E-state index contributed by atoms with van der Waals surface area (Å²) in [5, 5.41) is 8.77. The third-order valence-corrected chi connectivity index (χ3v) is 4.13. The molecule has 0 spiro atoms. The summed E-state index contributed by atoms with van der Waals surface area (Å²) in [7, 11) is 0. The highest BCUT2D eigenvalue weighted by Crippen LogP contribution is 2.32. The van der Waals surface area contributed by atoms with Crippen molar-refractivity contribution >= 4 is 12.2 Å². The molecule has 0 amide bonds. The van der Waals surface area contributed by atoms with Gasteiger partial charge in [-0.15, -0.1) is 0 Å². The zero-order valence-corrected chi connectivity index (χ0v) is 14.3. The van der Waals surface area contributed by atoms with Gasteiger partial charge in [0, 0.05) is 0 Å². The van der Waals surface area contributed by atoms with Crippen molar-refractivity contribution < 1.29 is 14.3 Å². The van der Waals surface area contributed by atoms with Gasteiger partial charge in [0.2, 0.25) is 12.2 Å². The summed E-state index contributed by atoms with van der Waals surface area (Å²) < 4.78 is 4.99. The minimum Gasteiger partial charge on any atom is -0.423 e. The maximum atomic E-state index is 10.6. The van der Waals surface area contributed by atoms with E-state index in [0.29, 0.717) is 0 Å². The first-order chi connectivity index (χ1) is 11.7. The van der Waals surface area contributed by atoms with Crippen LogP contribution in [0.2, 0.25) is 0 Å². The second-order valence-electron chi connectivity index (χ2n) is 5.13. The Balaban J connectivity index is 3.80. The number of aliphatic imine (C=N–C) groups is 2. The highest BCUT2D eigenvalue weighted by molar-refractivity contribution is 5.53. The Morgan fingerprint density at radius 3 is 1.54 bits per heavy atom. The fourth-order valence-electron chi connectivity index (χ4n) is 3.26. The Hall–Kier alpha value is -2.73. The largest absolute Gasteiger partial charge is 0.423 e. The molecule has 0 unspecified atom stereocenters. The normalized spacial score (nSPS) is 9.58. The van der Waals surface area contributed by atoms with Gasteiger partial charge >= 0.3 is 0 Å². The number of carbonyl (C=O) groups excluding carboxylic acids is 2. The summed E-state index contributed by atoms with van der Waals surface area (Å²) >= 11 is 0. The van der Waals surface area contributed by atoms with Crippen LogP contribution in [0.4, 0.5) is 0 Å². The lowest BCUT2D eigenvalue weighted by Crippen LogP contribution is -2.13. The van der Waals surface area contributed by atoms with Gasteiger partial charge in [0.15, 0.2) is 0 Å². The fraction of sp³-hybridized carbons (Fsp3) is 0.500. The van der Waals surface area contributed by atoms with Crippen LogP contribution >= 0.6 is 0 Å². The van der Waals surface area contributed by atoms with Crippen LogP contribution in [-0.2, 0) is 53.3 Å². The van der Waals surface area contributed by atoms with Crippen LogP contribution in [0.25, 0.3) is 0 Å². The summed E-state index contributed by atoms with van der Waals surface area (Å²) in [5.41, 5.74) is 5.92. The Labute approximate surface area is 141 Å². The van der Waals surface area contributed by atoms with E-state index in [-0.39, 0.29) is 19.7 Å². The van der Waals surface area contributed by atoms with Crippen LogP contribution in [0.5, 0.6) is 0 Å². The molecule has 126 valence electrons. The molecule has 0 saturated carbocycles. The van der Waals surface area contributed by atoms with Gasteiger partial charge in [-0.1, -0.05) is 20.8 Å². The molecule has 0 aromatic heterocycles. The number of hydrogen-bond donors (Lipinski definition) is 0. The van der Waals surface area contributed by atoms with E-state index in [1.165, 1.54) is 0 Å². The van der Waals surface area contributed by atoms with Gasteiger partial charge in [-0.25, -0.2) is 19.6 Å². The number of ether oxygens (including phenoxy) is 1. The number of isocyanates is 2. The number of nitrogens with zero attached hydrogens (tertiary/aromatic N) is 3. The zero-order chi connectivity index (χ0) is 17.9. The van der Waals surface area contributed by atoms with Gasteiger partial charge in [-0.3, -0.25) is 0 Å². The van der Waals surface area contributed by atoms with Crippen LogP contribution in [0.15, 0.2) is 9.98 Å². The molecule has 0 saturated heterocycles. The minimum absolute atomic E-state index is 0.155. The molecular formula is C18H21N3O3. The molecule has 0 N–H and O–H groups in total. The van der Waals surface area contributed by atoms with Crippen LogP contribution in [-0.4, -0.2) is 12.2 Å². The van der Waals surface area contributed by atoms with E-state index in [0.717, 1.165) is 52.6 Å². The Morgan fingerprint density at radius 1 is 0.792 bits per heavy atom. The minimum atomic E-state index is 0.155. The van der Waals surface area contributed by atoms with Gasteiger partial charge in [-0.2, -0.15) is 5.26 Å². The molecule has 0 bridgehead atoms. The smallest absolute Gasteiger partial charge is 0.286 e. The van der Waals surface area contributed by atoms with Crippen molar-refractivity contribution in [2.24, 2.45) is 9.98 Å². The first-order valence-corrected chi connectivity index (χ1v) is 7.95. The molecule has 1 aromatic rings. The van der Waals surface area contributed by atoms with Gasteiger partial charge in [0.25, 0.3) is 6.26 Å². The monoisotopic (exact) mass is 327 g/mol. The van der Waals surface area contributed by atoms with Crippen LogP contribution in [0, 0.1) is 11.5 Å². The van der Waals surface area contributed by atoms with Crippen molar-refractivity contribution in [3.8, 4) is 6.26 Å². The predicted octanol–water partition coefficient (Wildman–Crippen LogP) is 3.04. The molecule has 0 atom stereocenters. The summed E-state index contributed by atoms with van der Waals surface area (Å²) in [6.07, 6.45) is 7.04. The van der Waals surface area contributed by atoms with E-state index in [1.54, 1.807) is 18.4 Å². The molecule has 0 aliphatic rings. The van der Waals surface area contributed by atoms with Crippen molar-refractivity contribution in [2.75, 3.05) is 0 Å². The summed E-state index contributed by atoms with van der Waals surface area (Å²) in [6.45, 7) is 6.64. The van der Waals surface area contributed by atoms with E-state index in [2.05, 4.69) is 9.98 Å². The molecule has 0 radical (unpaired) electrons. The summed E-state index contributed by atoms with van der Waals surface area (Å²) in [5.74, 6) is 0. The molecule has 6 heteroatoms. The van der Waals surface area contributed by atoms with Crippen molar-refractivity contribution in [1.29, 1.82) is 5.26 Å². The number of hydrogen-bond acceptors (Lipinski definition) is 6. The first-order valence-electron chi connectivity index (χ1n) is 7.95. The van der Waals surface area contributed by atoms with Gasteiger partial charge < -0.3 is 4.74 Å². The van der Waals surface area contributed by atoms with E-state index in [1.807, 2.05) is 20.8 Å².